The first-order valence-electron chi connectivity index (χ1n) is 15.6. The maximum atomic E-state index is 15.1. The summed E-state index contributed by atoms with van der Waals surface area (Å²) in [7, 11) is 0. The van der Waals surface area contributed by atoms with Crippen molar-refractivity contribution in [3.05, 3.63) is 29.8 Å². The Bertz CT molecular complexity index is 735. The monoisotopic (exact) mass is 502 g/mol. The molecule has 0 amide bonds. The zero-order valence-electron chi connectivity index (χ0n) is 23.2. The highest BCUT2D eigenvalue weighted by molar-refractivity contribution is 5.30. The lowest BCUT2D eigenvalue weighted by Gasteiger charge is -2.36. The molecule has 3 saturated carbocycles. The molecule has 3 heteroatoms. The van der Waals surface area contributed by atoms with Crippen molar-refractivity contribution in [2.45, 2.75) is 141 Å². The average Bonchev–Trinajstić information content (AvgIpc) is 2.90. The van der Waals surface area contributed by atoms with Crippen molar-refractivity contribution >= 4 is 0 Å². The number of ether oxygens (including phenoxy) is 1. The highest BCUT2D eigenvalue weighted by Crippen LogP contribution is 2.44. The topological polar surface area (TPSA) is 9.23 Å². The van der Waals surface area contributed by atoms with Gasteiger partial charge in [-0.15, -0.1) is 0 Å². The summed E-state index contributed by atoms with van der Waals surface area (Å²) in [5.41, 5.74) is 1.29. The molecule has 0 radical (unpaired) electrons. The van der Waals surface area contributed by atoms with Crippen LogP contribution in [-0.4, -0.2) is 6.11 Å². The van der Waals surface area contributed by atoms with E-state index in [1.807, 2.05) is 12.1 Å². The van der Waals surface area contributed by atoms with E-state index < -0.39 is 12.0 Å². The molecule has 0 N–H and O–H groups in total. The standard InChI is InChI=1S/C33H52F2O/c1-3-5-6-7-26-8-10-27(11-9-26)24-28-14-20-31(21-15-28)33(34,35)36-32-22-18-30(19-23-32)29-16-12-25(4-2)13-17-29/h18-19,22-23,25-29,31H,3-17,20-21,24H2,1-2H3. The Balaban J connectivity index is 1.17. The third-order valence-corrected chi connectivity index (χ3v) is 10.2. The van der Waals surface area contributed by atoms with Crippen molar-refractivity contribution in [3.8, 4) is 5.75 Å². The summed E-state index contributed by atoms with van der Waals surface area (Å²) in [4.78, 5) is 0. The van der Waals surface area contributed by atoms with E-state index in [-0.39, 0.29) is 0 Å². The second-order valence-electron chi connectivity index (χ2n) is 12.7. The highest BCUT2D eigenvalue weighted by Gasteiger charge is 2.44. The number of hydrogen-bond donors (Lipinski definition) is 0. The first kappa shape index (κ1) is 27.9. The van der Waals surface area contributed by atoms with E-state index in [1.165, 1.54) is 95.5 Å². The predicted molar refractivity (Wildman–Crippen MR) is 147 cm³/mol. The van der Waals surface area contributed by atoms with Gasteiger partial charge in [-0.25, -0.2) is 0 Å². The van der Waals surface area contributed by atoms with Gasteiger partial charge in [0.15, 0.2) is 0 Å². The van der Waals surface area contributed by atoms with Gasteiger partial charge in [-0.3, -0.25) is 0 Å². The molecule has 0 saturated heterocycles. The van der Waals surface area contributed by atoms with Crippen molar-refractivity contribution in [3.63, 3.8) is 0 Å². The van der Waals surface area contributed by atoms with Crippen LogP contribution in [0.15, 0.2) is 24.3 Å². The molecule has 0 bridgehead atoms. The van der Waals surface area contributed by atoms with E-state index in [9.17, 15) is 0 Å². The zero-order chi connectivity index (χ0) is 25.4. The van der Waals surface area contributed by atoms with E-state index in [1.54, 1.807) is 12.1 Å². The fraction of sp³-hybridized carbons (Fsp3) is 0.818. The third kappa shape index (κ3) is 7.94. The average molecular weight is 503 g/mol. The van der Waals surface area contributed by atoms with Gasteiger partial charge >= 0.3 is 6.11 Å². The number of benzene rings is 1. The van der Waals surface area contributed by atoms with Crippen molar-refractivity contribution < 1.29 is 13.5 Å². The molecule has 0 spiro atoms. The quantitative estimate of drug-likeness (QED) is 0.273. The first-order chi connectivity index (χ1) is 17.5. The Morgan fingerprint density at radius 2 is 1.25 bits per heavy atom. The number of alkyl halides is 2. The minimum absolute atomic E-state index is 0.323. The summed E-state index contributed by atoms with van der Waals surface area (Å²) in [5.74, 6) is 3.55. The minimum atomic E-state index is -3.07. The van der Waals surface area contributed by atoms with Gasteiger partial charge in [0, 0.05) is 0 Å². The lowest BCUT2D eigenvalue weighted by molar-refractivity contribution is -0.223. The van der Waals surface area contributed by atoms with E-state index >= 15 is 8.78 Å². The molecule has 0 atom stereocenters. The van der Waals surface area contributed by atoms with Gasteiger partial charge in [0.25, 0.3) is 0 Å². The Kier molecular flexibility index (Phi) is 10.5. The van der Waals surface area contributed by atoms with E-state index in [2.05, 4.69) is 13.8 Å². The molecular weight excluding hydrogens is 450 g/mol. The third-order valence-electron chi connectivity index (χ3n) is 10.2. The summed E-state index contributed by atoms with van der Waals surface area (Å²) in [6.07, 6.45) is 18.6. The van der Waals surface area contributed by atoms with Crippen LogP contribution in [0.4, 0.5) is 8.78 Å². The van der Waals surface area contributed by atoms with Gasteiger partial charge in [0.2, 0.25) is 0 Å². The zero-order valence-corrected chi connectivity index (χ0v) is 23.2. The Morgan fingerprint density at radius 1 is 0.694 bits per heavy atom. The number of halogens is 2. The molecule has 3 fully saturated rings. The molecule has 204 valence electrons. The lowest BCUT2D eigenvalue weighted by Crippen LogP contribution is -2.37. The normalized spacial score (nSPS) is 31.8. The Hall–Kier alpha value is -1.12. The first-order valence-corrected chi connectivity index (χ1v) is 15.6. The van der Waals surface area contributed by atoms with Crippen LogP contribution >= 0.6 is 0 Å². The van der Waals surface area contributed by atoms with Crippen molar-refractivity contribution in [1.82, 2.24) is 0 Å². The molecule has 36 heavy (non-hydrogen) atoms. The fourth-order valence-corrected chi connectivity index (χ4v) is 7.60. The van der Waals surface area contributed by atoms with Crippen LogP contribution in [0.25, 0.3) is 0 Å². The van der Waals surface area contributed by atoms with Gasteiger partial charge in [0.05, 0.1) is 5.92 Å². The fourth-order valence-electron chi connectivity index (χ4n) is 7.60. The maximum absolute atomic E-state index is 15.1. The van der Waals surface area contributed by atoms with E-state index in [0.717, 1.165) is 30.6 Å². The predicted octanol–water partition coefficient (Wildman–Crippen LogP) is 10.9. The smallest absolute Gasteiger partial charge is 0.400 e. The molecule has 0 unspecified atom stereocenters. The lowest BCUT2D eigenvalue weighted by atomic mass is 9.72. The molecule has 1 nitrogen and oxygen atoms in total. The summed E-state index contributed by atoms with van der Waals surface area (Å²) in [6.45, 7) is 4.56. The molecule has 0 aromatic heterocycles. The largest absolute Gasteiger partial charge is 0.432 e. The van der Waals surface area contributed by atoms with E-state index in [4.69, 9.17) is 4.74 Å². The second kappa shape index (κ2) is 13.6. The Morgan fingerprint density at radius 3 is 1.83 bits per heavy atom. The summed E-state index contributed by atoms with van der Waals surface area (Å²) < 4.78 is 35.5. The van der Waals surface area contributed by atoms with Crippen LogP contribution in [-0.2, 0) is 0 Å². The molecule has 4 rings (SSSR count). The molecular formula is C33H52F2O. The van der Waals surface area contributed by atoms with Crippen molar-refractivity contribution in [2.24, 2.45) is 29.6 Å². The van der Waals surface area contributed by atoms with E-state index in [0.29, 0.717) is 30.4 Å². The number of rotatable bonds is 11. The number of unbranched alkanes of at least 4 members (excludes halogenated alkanes) is 2. The van der Waals surface area contributed by atoms with Crippen LogP contribution in [0.3, 0.4) is 0 Å². The SMILES string of the molecule is CCCCCC1CCC(CC2CCC(C(F)(F)Oc3ccc(C4CCC(CC)CC4)cc3)CC2)CC1. The molecule has 1 aromatic rings. The molecule has 0 aliphatic heterocycles. The second-order valence-corrected chi connectivity index (χ2v) is 12.7. The van der Waals surface area contributed by atoms with Gasteiger partial charge in [-0.1, -0.05) is 83.8 Å². The van der Waals surface area contributed by atoms with Gasteiger partial charge < -0.3 is 4.74 Å². The molecule has 0 heterocycles. The van der Waals surface area contributed by atoms with Crippen LogP contribution in [0.1, 0.15) is 141 Å². The van der Waals surface area contributed by atoms with Crippen LogP contribution < -0.4 is 4.74 Å². The van der Waals surface area contributed by atoms with Crippen LogP contribution in [0, 0.1) is 29.6 Å². The molecule has 1 aromatic carbocycles. The van der Waals surface area contributed by atoms with Crippen LogP contribution in [0.5, 0.6) is 5.75 Å². The number of hydrogen-bond acceptors (Lipinski definition) is 1. The Labute approximate surface area is 220 Å². The van der Waals surface area contributed by atoms with Crippen molar-refractivity contribution in [1.29, 1.82) is 0 Å². The minimum Gasteiger partial charge on any atom is -0.432 e. The summed E-state index contributed by atoms with van der Waals surface area (Å²) >= 11 is 0. The molecule has 3 aliphatic rings. The molecule has 3 aliphatic carbocycles. The maximum Gasteiger partial charge on any atom is 0.400 e. The van der Waals surface area contributed by atoms with Gasteiger partial charge in [-0.2, -0.15) is 8.78 Å². The van der Waals surface area contributed by atoms with Gasteiger partial charge in [-0.05, 0) is 105 Å². The summed E-state index contributed by atoms with van der Waals surface area (Å²) in [5, 5.41) is 0. The van der Waals surface area contributed by atoms with Gasteiger partial charge in [0.1, 0.15) is 5.75 Å². The van der Waals surface area contributed by atoms with Crippen molar-refractivity contribution in [2.75, 3.05) is 0 Å². The van der Waals surface area contributed by atoms with Crippen LogP contribution in [0.2, 0.25) is 0 Å². The summed E-state index contributed by atoms with van der Waals surface area (Å²) in [6, 6.07) is 7.61. The highest BCUT2D eigenvalue weighted by atomic mass is 19.3.